The van der Waals surface area contributed by atoms with E-state index in [0.29, 0.717) is 11.8 Å². The zero-order valence-electron chi connectivity index (χ0n) is 11.2. The summed E-state index contributed by atoms with van der Waals surface area (Å²) in [7, 11) is 0. The molecule has 0 amide bonds. The second kappa shape index (κ2) is 12.8. The molecule has 0 aromatic rings. The monoisotopic (exact) mass is 226 g/mol. The van der Waals surface area contributed by atoms with E-state index in [1.54, 1.807) is 13.8 Å². The van der Waals surface area contributed by atoms with Gasteiger partial charge < -0.3 is 10.2 Å². The van der Waals surface area contributed by atoms with Crippen molar-refractivity contribution in [2.75, 3.05) is 0 Å². The van der Waals surface area contributed by atoms with Crippen molar-refractivity contribution >= 4 is 23.1 Å². The molecular weight excluding hydrogens is 200 g/mol. The molecule has 0 aliphatic heterocycles. The Bertz CT molecular complexity index is 86.2. The van der Waals surface area contributed by atoms with Crippen LogP contribution < -0.4 is 10.2 Å². The van der Waals surface area contributed by atoms with Gasteiger partial charge in [-0.25, -0.2) is 0 Å². The average Bonchev–Trinajstić information content (AvgIpc) is 1.79. The van der Waals surface area contributed by atoms with Crippen molar-refractivity contribution in [3.8, 4) is 0 Å². The summed E-state index contributed by atoms with van der Waals surface area (Å²) < 4.78 is 0. The minimum atomic E-state index is -0.375. The minimum absolute atomic E-state index is 0. The second-order valence-corrected chi connectivity index (χ2v) is 4.88. The van der Waals surface area contributed by atoms with Gasteiger partial charge in [0.2, 0.25) is 0 Å². The average molecular weight is 227 g/mol. The maximum absolute atomic E-state index is 10.3. The molecule has 0 rings (SSSR count). The molecule has 0 radical (unpaired) electrons. The fourth-order valence-corrected chi connectivity index (χ4v) is 1.33. The van der Waals surface area contributed by atoms with Crippen molar-refractivity contribution in [3.63, 3.8) is 0 Å². The van der Waals surface area contributed by atoms with Crippen molar-refractivity contribution in [1.29, 1.82) is 0 Å². The summed E-state index contributed by atoms with van der Waals surface area (Å²) in [6.45, 7) is 11.7. The van der Waals surface area contributed by atoms with E-state index in [9.17, 15) is 10.2 Å². The molecular formula is C12H26MgO2. The zero-order chi connectivity index (χ0) is 11.7. The first-order chi connectivity index (χ1) is 6.25. The summed E-state index contributed by atoms with van der Waals surface area (Å²) in [5, 5.41) is 20.7. The molecule has 0 aromatic heterocycles. The molecule has 0 bridgehead atoms. The summed E-state index contributed by atoms with van der Waals surface area (Å²) in [5.41, 5.74) is 0. The van der Waals surface area contributed by atoms with E-state index in [4.69, 9.17) is 0 Å². The molecule has 2 nitrogen and oxygen atoms in total. The van der Waals surface area contributed by atoms with Crippen LogP contribution in [0, 0.1) is 11.8 Å². The Labute approximate surface area is 112 Å². The molecule has 0 spiro atoms. The Hall–Kier alpha value is 0.686. The molecule has 88 valence electrons. The Balaban J connectivity index is -0.000000180. The summed E-state index contributed by atoms with van der Waals surface area (Å²) in [6.07, 6.45) is 0.861. The third-order valence-corrected chi connectivity index (χ3v) is 1.61. The van der Waals surface area contributed by atoms with Gasteiger partial charge in [-0.1, -0.05) is 54.4 Å². The first-order valence-electron chi connectivity index (χ1n) is 5.57. The summed E-state index contributed by atoms with van der Waals surface area (Å²) in [5.74, 6) is 1.12. The molecule has 0 heterocycles. The van der Waals surface area contributed by atoms with Crippen molar-refractivity contribution in [2.45, 2.75) is 66.6 Å². The Kier molecular flexibility index (Phi) is 17.9. The Morgan fingerprint density at radius 1 is 0.667 bits per heavy atom. The molecule has 0 aliphatic rings. The van der Waals surface area contributed by atoms with Crippen LogP contribution in [0.5, 0.6) is 0 Å². The van der Waals surface area contributed by atoms with Gasteiger partial charge in [0.1, 0.15) is 0 Å². The third-order valence-electron chi connectivity index (χ3n) is 1.61. The maximum Gasteiger partial charge on any atom is 2.00 e. The van der Waals surface area contributed by atoms with Crippen molar-refractivity contribution in [2.24, 2.45) is 11.8 Å². The van der Waals surface area contributed by atoms with Crippen LogP contribution in [0.25, 0.3) is 0 Å². The minimum Gasteiger partial charge on any atom is -0.852 e. The second-order valence-electron chi connectivity index (χ2n) is 4.88. The molecule has 0 saturated carbocycles. The SMILES string of the molecule is CC(C)CC(C)[O-].CC(C)CC(C)[O-].[Mg+2]. The first kappa shape index (κ1) is 21.0. The van der Waals surface area contributed by atoms with Crippen LogP contribution in [0.3, 0.4) is 0 Å². The van der Waals surface area contributed by atoms with E-state index in [1.807, 2.05) is 0 Å². The Morgan fingerprint density at radius 3 is 0.867 bits per heavy atom. The largest absolute Gasteiger partial charge is 2.00 e. The fourth-order valence-electron chi connectivity index (χ4n) is 1.33. The standard InChI is InChI=1S/2C6H13O.Mg/c2*1-5(2)4-6(3)7;/h2*5-6H,4H2,1-3H3;/q2*-1;+2. The molecule has 0 aromatic carbocycles. The van der Waals surface area contributed by atoms with Crippen molar-refractivity contribution in [3.05, 3.63) is 0 Å². The van der Waals surface area contributed by atoms with Crippen molar-refractivity contribution < 1.29 is 10.2 Å². The van der Waals surface area contributed by atoms with Crippen LogP contribution in [-0.4, -0.2) is 35.3 Å². The van der Waals surface area contributed by atoms with Crippen LogP contribution in [0.2, 0.25) is 0 Å². The van der Waals surface area contributed by atoms with Crippen LogP contribution in [-0.2, 0) is 0 Å². The summed E-state index contributed by atoms with van der Waals surface area (Å²) in [6, 6.07) is 0. The molecule has 2 atom stereocenters. The van der Waals surface area contributed by atoms with Gasteiger partial charge in [0.15, 0.2) is 0 Å². The van der Waals surface area contributed by atoms with E-state index in [1.165, 1.54) is 0 Å². The summed E-state index contributed by atoms with van der Waals surface area (Å²) >= 11 is 0. The van der Waals surface area contributed by atoms with E-state index in [0.717, 1.165) is 12.8 Å². The number of hydrogen-bond donors (Lipinski definition) is 0. The van der Waals surface area contributed by atoms with E-state index < -0.39 is 0 Å². The van der Waals surface area contributed by atoms with Gasteiger partial charge in [-0.3, -0.25) is 0 Å². The quantitative estimate of drug-likeness (QED) is 0.676. The van der Waals surface area contributed by atoms with Gasteiger partial charge >= 0.3 is 23.1 Å². The van der Waals surface area contributed by atoms with Crippen LogP contribution in [0.15, 0.2) is 0 Å². The van der Waals surface area contributed by atoms with Crippen LogP contribution in [0.1, 0.15) is 54.4 Å². The molecule has 15 heavy (non-hydrogen) atoms. The molecule has 0 aliphatic carbocycles. The molecule has 2 unspecified atom stereocenters. The molecule has 0 saturated heterocycles. The predicted octanol–water partition coefficient (Wildman–Crippen LogP) is 1.18. The van der Waals surface area contributed by atoms with Crippen molar-refractivity contribution in [1.82, 2.24) is 0 Å². The number of hydrogen-bond acceptors (Lipinski definition) is 2. The van der Waals surface area contributed by atoms with Gasteiger partial charge in [-0.15, -0.1) is 12.2 Å². The van der Waals surface area contributed by atoms with Gasteiger partial charge in [-0.2, -0.15) is 0 Å². The van der Waals surface area contributed by atoms with Gasteiger partial charge in [0, 0.05) is 0 Å². The normalized spacial score (nSPS) is 14.0. The van der Waals surface area contributed by atoms with Crippen LogP contribution in [0.4, 0.5) is 0 Å². The van der Waals surface area contributed by atoms with Crippen LogP contribution >= 0.6 is 0 Å². The Morgan fingerprint density at radius 2 is 0.867 bits per heavy atom. The predicted molar refractivity (Wildman–Crippen MR) is 63.6 cm³/mol. The van der Waals surface area contributed by atoms with Gasteiger partial charge in [0.05, 0.1) is 0 Å². The molecule has 0 fully saturated rings. The fraction of sp³-hybridized carbons (Fsp3) is 1.00. The number of rotatable bonds is 4. The van der Waals surface area contributed by atoms with Gasteiger partial charge in [0.25, 0.3) is 0 Å². The molecule has 0 N–H and O–H groups in total. The smallest absolute Gasteiger partial charge is 0.852 e. The van der Waals surface area contributed by atoms with E-state index in [2.05, 4.69) is 27.7 Å². The summed E-state index contributed by atoms with van der Waals surface area (Å²) in [4.78, 5) is 0. The zero-order valence-corrected chi connectivity index (χ0v) is 12.7. The molecule has 3 heteroatoms. The van der Waals surface area contributed by atoms with E-state index >= 15 is 0 Å². The topological polar surface area (TPSA) is 46.1 Å². The third kappa shape index (κ3) is 31.3. The maximum atomic E-state index is 10.3. The van der Waals surface area contributed by atoms with E-state index in [-0.39, 0.29) is 35.3 Å². The van der Waals surface area contributed by atoms with Gasteiger partial charge in [-0.05, 0) is 11.8 Å². The first-order valence-corrected chi connectivity index (χ1v) is 5.57.